The van der Waals surface area contributed by atoms with Gasteiger partial charge in [-0.3, -0.25) is 9.59 Å². The average Bonchev–Trinajstić information content (AvgIpc) is 2.52. The molecule has 1 aromatic carbocycles. The summed E-state index contributed by atoms with van der Waals surface area (Å²) in [4.78, 5) is 27.3. The second kappa shape index (κ2) is 7.15. The molecule has 0 saturated heterocycles. The number of carbonyl (C=O) groups is 2. The Morgan fingerprint density at radius 3 is 2.64 bits per heavy atom. The first kappa shape index (κ1) is 17.9. The number of anilines is 1. The fourth-order valence-corrected chi connectivity index (χ4v) is 3.61. The van der Waals surface area contributed by atoms with Crippen molar-refractivity contribution >= 4 is 67.2 Å². The van der Waals surface area contributed by atoms with Crippen LogP contribution in [0.4, 0.5) is 5.82 Å². The first-order valence-electron chi connectivity index (χ1n) is 6.88. The number of rotatable bonds is 2. The van der Waals surface area contributed by atoms with Crippen LogP contribution < -0.4 is 14.8 Å². The van der Waals surface area contributed by atoms with E-state index in [1.165, 1.54) is 6.92 Å². The topological polar surface area (TPSA) is 77.5 Å². The molecule has 0 aliphatic carbocycles. The highest BCUT2D eigenvalue weighted by Crippen LogP contribution is 2.36. The van der Waals surface area contributed by atoms with E-state index in [0.717, 1.165) is 0 Å². The summed E-state index contributed by atoms with van der Waals surface area (Å²) in [5, 5.41) is 2.87. The molecule has 0 saturated carbocycles. The fraction of sp³-hybridized carbons (Fsp3) is 0.0625. The minimum Gasteiger partial charge on any atom is -0.448 e. The van der Waals surface area contributed by atoms with E-state index >= 15 is 0 Å². The lowest BCUT2D eigenvalue weighted by atomic mass is 10.2. The molecular weight excluding hydrogens is 479 g/mol. The van der Waals surface area contributed by atoms with E-state index in [9.17, 15) is 9.59 Å². The maximum Gasteiger partial charge on any atom is 0.308 e. The molecule has 25 heavy (non-hydrogen) atoms. The van der Waals surface area contributed by atoms with E-state index < -0.39 is 11.9 Å². The number of nitrogens with zero attached hydrogens (tertiary/aromatic N) is 1. The number of esters is 1. The molecule has 1 aliphatic rings. The van der Waals surface area contributed by atoms with Crippen molar-refractivity contribution in [2.24, 2.45) is 0 Å². The molecule has 6 nitrogen and oxygen atoms in total. The summed E-state index contributed by atoms with van der Waals surface area (Å²) in [5.74, 6) is 0.222. The van der Waals surface area contributed by atoms with E-state index in [1.807, 2.05) is 0 Å². The zero-order chi connectivity index (χ0) is 18.1. The molecule has 0 atom stereocenters. The van der Waals surface area contributed by atoms with Crippen molar-refractivity contribution in [3.8, 4) is 11.5 Å². The molecule has 3 rings (SSSR count). The van der Waals surface area contributed by atoms with Gasteiger partial charge in [0.1, 0.15) is 5.15 Å². The molecule has 128 valence electrons. The summed E-state index contributed by atoms with van der Waals surface area (Å²) < 4.78 is 11.8. The van der Waals surface area contributed by atoms with Gasteiger partial charge < -0.3 is 14.8 Å². The molecule has 0 unspecified atom stereocenters. The van der Waals surface area contributed by atoms with E-state index in [0.29, 0.717) is 26.0 Å². The molecule has 1 aliphatic heterocycles. The van der Waals surface area contributed by atoms with Crippen LogP contribution in [-0.4, -0.2) is 16.9 Å². The van der Waals surface area contributed by atoms with Crippen molar-refractivity contribution in [1.82, 2.24) is 4.98 Å². The zero-order valence-corrected chi connectivity index (χ0v) is 16.5. The van der Waals surface area contributed by atoms with Gasteiger partial charge in [0.05, 0.1) is 8.95 Å². The van der Waals surface area contributed by atoms with Gasteiger partial charge in [-0.15, -0.1) is 0 Å². The van der Waals surface area contributed by atoms with Gasteiger partial charge >= 0.3 is 5.97 Å². The molecule has 0 bridgehead atoms. The Morgan fingerprint density at radius 2 is 2.00 bits per heavy atom. The number of carbonyl (C=O) groups excluding carboxylic acids is 2. The first-order valence-corrected chi connectivity index (χ1v) is 8.85. The van der Waals surface area contributed by atoms with Crippen LogP contribution in [0.15, 0.2) is 39.0 Å². The third-order valence-corrected chi connectivity index (χ3v) is 4.45. The normalized spacial score (nSPS) is 14.6. The predicted molar refractivity (Wildman–Crippen MR) is 99.6 cm³/mol. The summed E-state index contributed by atoms with van der Waals surface area (Å²) in [6, 6.07) is 6.58. The minimum absolute atomic E-state index is 0.0932. The van der Waals surface area contributed by atoms with Gasteiger partial charge in [0.25, 0.3) is 5.91 Å². The molecule has 9 heteroatoms. The summed E-state index contributed by atoms with van der Waals surface area (Å²) in [7, 11) is 0. The molecule has 2 aromatic rings. The highest BCUT2D eigenvalue weighted by atomic mass is 79.9. The van der Waals surface area contributed by atoms with E-state index in [4.69, 9.17) is 21.1 Å². The van der Waals surface area contributed by atoms with Crippen molar-refractivity contribution in [1.29, 1.82) is 0 Å². The van der Waals surface area contributed by atoms with Crippen molar-refractivity contribution in [2.75, 3.05) is 5.32 Å². The molecule has 0 fully saturated rings. The minimum atomic E-state index is -0.446. The number of pyridine rings is 1. The molecule has 0 spiro atoms. The third-order valence-electron chi connectivity index (χ3n) is 3.06. The number of hydrogen-bond acceptors (Lipinski definition) is 5. The van der Waals surface area contributed by atoms with E-state index in [1.54, 1.807) is 30.3 Å². The summed E-state index contributed by atoms with van der Waals surface area (Å²) >= 11 is 12.5. The van der Waals surface area contributed by atoms with Gasteiger partial charge in [-0.05, 0) is 67.8 Å². The largest absolute Gasteiger partial charge is 0.448 e. The van der Waals surface area contributed by atoms with Gasteiger partial charge in [0.2, 0.25) is 0 Å². The predicted octanol–water partition coefficient (Wildman–Crippen LogP) is 4.56. The lowest BCUT2D eigenvalue weighted by molar-refractivity contribution is -0.132. The Morgan fingerprint density at radius 1 is 1.32 bits per heavy atom. The van der Waals surface area contributed by atoms with Crippen molar-refractivity contribution in [2.45, 2.75) is 6.92 Å². The number of fused-ring (bicyclic) bond motifs is 1. The summed E-state index contributed by atoms with van der Waals surface area (Å²) in [6.45, 7) is 1.31. The van der Waals surface area contributed by atoms with Crippen LogP contribution in [0.1, 0.15) is 12.5 Å². The second-order valence-corrected chi connectivity index (χ2v) is 7.05. The SMILES string of the molecule is CC(=O)Oc1c(Br)cc(C=C2Oc3ccc(Cl)nc3NC2=O)cc1Br. The number of aromatic nitrogens is 1. The highest BCUT2D eigenvalue weighted by molar-refractivity contribution is 9.11. The van der Waals surface area contributed by atoms with Crippen LogP contribution in [0.3, 0.4) is 0 Å². The number of halogens is 3. The molecule has 1 aromatic heterocycles. The van der Waals surface area contributed by atoms with Crippen molar-refractivity contribution in [3.05, 3.63) is 49.7 Å². The van der Waals surface area contributed by atoms with Gasteiger partial charge in [0, 0.05) is 6.92 Å². The van der Waals surface area contributed by atoms with Crippen LogP contribution in [0.5, 0.6) is 11.5 Å². The smallest absolute Gasteiger partial charge is 0.308 e. The molecular formula is C16H9Br2ClN2O4. The van der Waals surface area contributed by atoms with Crippen LogP contribution in [0.25, 0.3) is 6.08 Å². The zero-order valence-electron chi connectivity index (χ0n) is 12.6. The summed E-state index contributed by atoms with van der Waals surface area (Å²) in [5.41, 5.74) is 0.658. The quantitative estimate of drug-likeness (QED) is 0.290. The monoisotopic (exact) mass is 486 g/mol. The Balaban J connectivity index is 1.94. The first-order chi connectivity index (χ1) is 11.8. The Labute approximate surface area is 164 Å². The fourth-order valence-electron chi connectivity index (χ4n) is 2.08. The lowest BCUT2D eigenvalue weighted by Crippen LogP contribution is -2.24. The van der Waals surface area contributed by atoms with Crippen LogP contribution >= 0.6 is 43.5 Å². The maximum atomic E-state index is 12.2. The third kappa shape index (κ3) is 4.02. The van der Waals surface area contributed by atoms with Gasteiger partial charge in [0.15, 0.2) is 23.1 Å². The Bertz CT molecular complexity index is 907. The van der Waals surface area contributed by atoms with Crippen LogP contribution in [0.2, 0.25) is 5.15 Å². The second-order valence-electron chi connectivity index (χ2n) is 4.95. The number of hydrogen-bond donors (Lipinski definition) is 1. The van der Waals surface area contributed by atoms with E-state index in [-0.39, 0.29) is 16.7 Å². The van der Waals surface area contributed by atoms with Crippen molar-refractivity contribution in [3.63, 3.8) is 0 Å². The van der Waals surface area contributed by atoms with Gasteiger partial charge in [-0.25, -0.2) is 4.98 Å². The van der Waals surface area contributed by atoms with E-state index in [2.05, 4.69) is 42.2 Å². The number of nitrogens with one attached hydrogen (secondary N) is 1. The van der Waals surface area contributed by atoms with Crippen LogP contribution in [-0.2, 0) is 9.59 Å². The number of benzene rings is 1. The molecule has 0 radical (unpaired) electrons. The molecule has 2 heterocycles. The highest BCUT2D eigenvalue weighted by Gasteiger charge is 2.23. The van der Waals surface area contributed by atoms with Gasteiger partial charge in [-0.1, -0.05) is 11.6 Å². The summed E-state index contributed by atoms with van der Waals surface area (Å²) in [6.07, 6.45) is 1.56. The maximum absolute atomic E-state index is 12.2. The van der Waals surface area contributed by atoms with Gasteiger partial charge in [-0.2, -0.15) is 0 Å². The Kier molecular flexibility index (Phi) is 5.12. The van der Waals surface area contributed by atoms with Crippen molar-refractivity contribution < 1.29 is 19.1 Å². The molecule has 1 N–H and O–H groups in total. The lowest BCUT2D eigenvalue weighted by Gasteiger charge is -2.19. The number of ether oxygens (including phenoxy) is 2. The average molecular weight is 489 g/mol. The van der Waals surface area contributed by atoms with Crippen LogP contribution in [0, 0.1) is 0 Å². The molecule has 1 amide bonds. The number of amides is 1. The standard InChI is InChI=1S/C16H9Br2ClN2O4/c1-7(22)24-14-9(17)4-8(5-10(14)18)6-12-16(23)21-15-11(25-12)2-3-13(19)20-15/h2-6H,1H3,(H,20,21,23). The Hall–Kier alpha value is -1.90.